The van der Waals surface area contributed by atoms with E-state index in [-0.39, 0.29) is 0 Å². The average Bonchev–Trinajstić information content (AvgIpc) is 3.00. The van der Waals surface area contributed by atoms with Crippen LogP contribution in [0.3, 0.4) is 0 Å². The number of aliphatic imine (C=N–C) groups is 4. The summed E-state index contributed by atoms with van der Waals surface area (Å²) in [6.07, 6.45) is 7.43. The molecule has 0 aliphatic heterocycles. The van der Waals surface area contributed by atoms with E-state index in [2.05, 4.69) is 32.6 Å². The van der Waals surface area contributed by atoms with Gasteiger partial charge in [-0.1, -0.05) is 66.7 Å². The molecule has 0 radical (unpaired) electrons. The van der Waals surface area contributed by atoms with Crippen molar-refractivity contribution in [3.63, 3.8) is 0 Å². The van der Waals surface area contributed by atoms with Crippen LogP contribution in [0.2, 0.25) is 0 Å². The molecule has 5 heteroatoms. The molecule has 0 spiro atoms. The highest BCUT2D eigenvalue weighted by molar-refractivity contribution is 7.80. The smallest absolute Gasteiger partial charge is 0.0631 e. The number of rotatable bonds is 8. The minimum Gasteiger partial charge on any atom is -0.256 e. The lowest BCUT2D eigenvalue weighted by Crippen LogP contribution is -1.84. The van der Waals surface area contributed by atoms with Gasteiger partial charge >= 0.3 is 0 Å². The summed E-state index contributed by atoms with van der Waals surface area (Å²) >= 11 is 4.30. The first-order chi connectivity index (χ1) is 19.2. The quantitative estimate of drug-likeness (QED) is 0.156. The van der Waals surface area contributed by atoms with Gasteiger partial charge in [-0.05, 0) is 82.9 Å². The zero-order valence-electron chi connectivity index (χ0n) is 21.2. The molecule has 0 atom stereocenters. The molecular formula is C34H26N4S. The molecule has 5 aromatic rings. The molecule has 0 unspecified atom stereocenters. The van der Waals surface area contributed by atoms with E-state index in [0.717, 1.165) is 49.9 Å². The highest BCUT2D eigenvalue weighted by Gasteiger charge is 1.95. The van der Waals surface area contributed by atoms with Crippen molar-refractivity contribution < 1.29 is 0 Å². The van der Waals surface area contributed by atoms with Crippen molar-refractivity contribution in [2.45, 2.75) is 4.90 Å². The SMILES string of the molecule is Sc1ccc(N=Cc2ccc(C=Nc3ccc(N=Cc4ccc(C=Nc5ccccc5)cc4)cc3)cc2)cc1. The summed E-state index contributed by atoms with van der Waals surface area (Å²) in [5.41, 5.74) is 7.69. The molecule has 0 amide bonds. The fraction of sp³-hybridized carbons (Fsp3) is 0. The van der Waals surface area contributed by atoms with Crippen LogP contribution < -0.4 is 0 Å². The van der Waals surface area contributed by atoms with Gasteiger partial charge in [-0.3, -0.25) is 20.0 Å². The predicted molar refractivity (Wildman–Crippen MR) is 168 cm³/mol. The first kappa shape index (κ1) is 25.8. The average molecular weight is 523 g/mol. The van der Waals surface area contributed by atoms with Crippen LogP contribution in [0.15, 0.2) is 152 Å². The Kier molecular flexibility index (Phi) is 8.64. The van der Waals surface area contributed by atoms with Crippen molar-refractivity contribution in [1.29, 1.82) is 0 Å². The number of nitrogens with zero attached hydrogens (tertiary/aromatic N) is 4. The first-order valence-electron chi connectivity index (χ1n) is 12.5. The summed E-state index contributed by atoms with van der Waals surface area (Å²) in [6.45, 7) is 0. The number of para-hydroxylation sites is 1. The molecular weight excluding hydrogens is 496 g/mol. The van der Waals surface area contributed by atoms with Crippen LogP contribution in [0.5, 0.6) is 0 Å². The van der Waals surface area contributed by atoms with Crippen molar-refractivity contribution in [3.8, 4) is 0 Å². The summed E-state index contributed by atoms with van der Waals surface area (Å²) in [4.78, 5) is 19.1. The number of hydrogen-bond acceptors (Lipinski definition) is 5. The van der Waals surface area contributed by atoms with Gasteiger partial charge in [-0.2, -0.15) is 0 Å². The van der Waals surface area contributed by atoms with Gasteiger partial charge < -0.3 is 0 Å². The van der Waals surface area contributed by atoms with Gasteiger partial charge in [0.05, 0.1) is 22.7 Å². The Morgan fingerprint density at radius 3 is 0.949 bits per heavy atom. The standard InChI is InChI=1S/C34H26N4S/c39-34-20-18-33(19-21-34)38-25-29-12-10-28(11-13-29)24-37-32-16-14-31(15-17-32)36-23-27-8-6-26(7-9-27)22-35-30-4-2-1-3-5-30/h1-25,39H. The third kappa shape index (κ3) is 8.06. The van der Waals surface area contributed by atoms with E-state index in [1.54, 1.807) is 0 Å². The molecule has 4 nitrogen and oxygen atoms in total. The molecule has 0 fully saturated rings. The second kappa shape index (κ2) is 13.1. The normalized spacial score (nSPS) is 11.8. The van der Waals surface area contributed by atoms with E-state index in [4.69, 9.17) is 0 Å². The second-order valence-electron chi connectivity index (χ2n) is 8.73. The summed E-state index contributed by atoms with van der Waals surface area (Å²) < 4.78 is 0. The van der Waals surface area contributed by atoms with Gasteiger partial charge in [0.1, 0.15) is 0 Å². The van der Waals surface area contributed by atoms with Crippen LogP contribution in [-0.2, 0) is 0 Å². The molecule has 0 N–H and O–H groups in total. The Labute approximate surface area is 234 Å². The van der Waals surface area contributed by atoms with E-state index in [9.17, 15) is 0 Å². The van der Waals surface area contributed by atoms with Crippen LogP contribution in [0.4, 0.5) is 22.7 Å². The largest absolute Gasteiger partial charge is 0.256 e. The summed E-state index contributed by atoms with van der Waals surface area (Å²) in [5.74, 6) is 0. The Morgan fingerprint density at radius 1 is 0.333 bits per heavy atom. The third-order valence-corrected chi connectivity index (χ3v) is 6.08. The number of benzene rings is 5. The van der Waals surface area contributed by atoms with Crippen LogP contribution in [0, 0.1) is 0 Å². The molecule has 0 aliphatic carbocycles. The molecule has 0 saturated heterocycles. The van der Waals surface area contributed by atoms with Gasteiger partial charge in [-0.15, -0.1) is 12.6 Å². The van der Waals surface area contributed by atoms with E-state index >= 15 is 0 Å². The zero-order chi connectivity index (χ0) is 26.7. The summed E-state index contributed by atoms with van der Waals surface area (Å²) in [7, 11) is 0. The minimum atomic E-state index is 0.870. The summed E-state index contributed by atoms with van der Waals surface area (Å²) in [5, 5.41) is 0. The van der Waals surface area contributed by atoms with E-state index in [1.165, 1.54) is 0 Å². The Bertz CT molecular complexity index is 1600. The molecule has 188 valence electrons. The Morgan fingerprint density at radius 2 is 0.615 bits per heavy atom. The van der Waals surface area contributed by atoms with Crippen LogP contribution in [0.25, 0.3) is 0 Å². The zero-order valence-corrected chi connectivity index (χ0v) is 22.1. The predicted octanol–water partition coefficient (Wildman–Crippen LogP) is 8.98. The van der Waals surface area contributed by atoms with Crippen molar-refractivity contribution in [2.75, 3.05) is 0 Å². The van der Waals surface area contributed by atoms with Crippen molar-refractivity contribution in [3.05, 3.63) is 150 Å². The number of hydrogen-bond donors (Lipinski definition) is 1. The number of thiol groups is 1. The summed E-state index contributed by atoms with van der Waals surface area (Å²) in [6, 6.07) is 41.7. The fourth-order valence-corrected chi connectivity index (χ4v) is 3.76. The van der Waals surface area contributed by atoms with E-state index in [1.807, 2.05) is 152 Å². The molecule has 5 rings (SSSR count). The molecule has 0 saturated carbocycles. The topological polar surface area (TPSA) is 49.4 Å². The lowest BCUT2D eigenvalue weighted by Gasteiger charge is -1.99. The lowest BCUT2D eigenvalue weighted by molar-refractivity contribution is 1.43. The van der Waals surface area contributed by atoms with Gasteiger partial charge in [0.15, 0.2) is 0 Å². The van der Waals surface area contributed by atoms with Crippen LogP contribution in [0.1, 0.15) is 22.3 Å². The molecule has 0 bridgehead atoms. The maximum Gasteiger partial charge on any atom is 0.0631 e. The maximum atomic E-state index is 4.59. The van der Waals surface area contributed by atoms with Crippen molar-refractivity contribution >= 4 is 60.2 Å². The van der Waals surface area contributed by atoms with Crippen LogP contribution >= 0.6 is 12.6 Å². The minimum absolute atomic E-state index is 0.870. The van der Waals surface area contributed by atoms with Crippen molar-refractivity contribution in [1.82, 2.24) is 0 Å². The van der Waals surface area contributed by atoms with E-state index in [0.29, 0.717) is 0 Å². The second-order valence-corrected chi connectivity index (χ2v) is 9.25. The molecule has 39 heavy (non-hydrogen) atoms. The fourth-order valence-electron chi connectivity index (χ4n) is 3.61. The van der Waals surface area contributed by atoms with Gasteiger partial charge in [0, 0.05) is 29.8 Å². The van der Waals surface area contributed by atoms with Gasteiger partial charge in [-0.25, -0.2) is 0 Å². The van der Waals surface area contributed by atoms with E-state index < -0.39 is 0 Å². The highest BCUT2D eigenvalue weighted by Crippen LogP contribution is 2.19. The monoisotopic (exact) mass is 522 g/mol. The molecule has 0 aliphatic rings. The third-order valence-electron chi connectivity index (χ3n) is 5.78. The molecule has 5 aromatic carbocycles. The maximum absolute atomic E-state index is 4.59. The van der Waals surface area contributed by atoms with Gasteiger partial charge in [0.25, 0.3) is 0 Å². The molecule has 0 heterocycles. The molecule has 0 aromatic heterocycles. The van der Waals surface area contributed by atoms with Crippen molar-refractivity contribution in [2.24, 2.45) is 20.0 Å². The van der Waals surface area contributed by atoms with Gasteiger partial charge in [0.2, 0.25) is 0 Å². The van der Waals surface area contributed by atoms with Crippen LogP contribution in [-0.4, -0.2) is 24.9 Å². The lowest BCUT2D eigenvalue weighted by atomic mass is 10.1. The first-order valence-corrected chi connectivity index (χ1v) is 12.9. The Hall–Kier alpha value is -4.87. The Balaban J connectivity index is 1.14. The highest BCUT2D eigenvalue weighted by atomic mass is 32.1.